The van der Waals surface area contributed by atoms with Crippen LogP contribution >= 0.6 is 0 Å². The summed E-state index contributed by atoms with van der Waals surface area (Å²) in [7, 11) is 0. The van der Waals surface area contributed by atoms with Crippen LogP contribution in [-0.2, 0) is 6.42 Å². The van der Waals surface area contributed by atoms with Crippen molar-refractivity contribution in [3.63, 3.8) is 0 Å². The Morgan fingerprint density at radius 3 is 2.60 bits per heavy atom. The summed E-state index contributed by atoms with van der Waals surface area (Å²) in [5, 5.41) is 3.39. The normalized spacial score (nSPS) is 12.8. The van der Waals surface area contributed by atoms with E-state index in [2.05, 4.69) is 44.3 Å². The predicted molar refractivity (Wildman–Crippen MR) is 66.1 cm³/mol. The maximum absolute atomic E-state index is 5.53. The SMILES string of the molecule is Cc1ccc(CCNC(C)CN)cc1C. The Balaban J connectivity index is 2.41. The molecule has 0 radical (unpaired) electrons. The van der Waals surface area contributed by atoms with E-state index in [1.165, 1.54) is 16.7 Å². The van der Waals surface area contributed by atoms with Crippen molar-refractivity contribution in [2.45, 2.75) is 33.2 Å². The second kappa shape index (κ2) is 5.89. The van der Waals surface area contributed by atoms with Crippen molar-refractivity contribution in [3.8, 4) is 0 Å². The monoisotopic (exact) mass is 206 g/mol. The van der Waals surface area contributed by atoms with E-state index in [4.69, 9.17) is 5.73 Å². The summed E-state index contributed by atoms with van der Waals surface area (Å²) in [6.07, 6.45) is 1.07. The van der Waals surface area contributed by atoms with Gasteiger partial charge in [0.25, 0.3) is 0 Å². The van der Waals surface area contributed by atoms with Crippen molar-refractivity contribution < 1.29 is 0 Å². The molecular formula is C13H22N2. The van der Waals surface area contributed by atoms with Crippen LogP contribution in [0, 0.1) is 13.8 Å². The van der Waals surface area contributed by atoms with Crippen LogP contribution in [0.1, 0.15) is 23.6 Å². The average Bonchev–Trinajstić information content (AvgIpc) is 2.23. The van der Waals surface area contributed by atoms with Crippen molar-refractivity contribution >= 4 is 0 Å². The average molecular weight is 206 g/mol. The van der Waals surface area contributed by atoms with E-state index in [1.54, 1.807) is 0 Å². The standard InChI is InChI=1S/C13H22N2/c1-10-4-5-13(8-11(10)2)6-7-15-12(3)9-14/h4-5,8,12,15H,6-7,9,14H2,1-3H3. The first-order chi connectivity index (χ1) is 7.13. The van der Waals surface area contributed by atoms with Gasteiger partial charge in [-0.3, -0.25) is 0 Å². The summed E-state index contributed by atoms with van der Waals surface area (Å²) in [4.78, 5) is 0. The minimum Gasteiger partial charge on any atom is -0.329 e. The maximum atomic E-state index is 5.53. The van der Waals surface area contributed by atoms with E-state index < -0.39 is 0 Å². The van der Waals surface area contributed by atoms with Gasteiger partial charge in [-0.1, -0.05) is 18.2 Å². The summed E-state index contributed by atoms with van der Waals surface area (Å²) in [5.74, 6) is 0. The van der Waals surface area contributed by atoms with Gasteiger partial charge >= 0.3 is 0 Å². The Morgan fingerprint density at radius 1 is 1.27 bits per heavy atom. The lowest BCUT2D eigenvalue weighted by Gasteiger charge is -2.11. The molecule has 1 aromatic carbocycles. The van der Waals surface area contributed by atoms with E-state index in [0.29, 0.717) is 12.6 Å². The first-order valence-corrected chi connectivity index (χ1v) is 5.63. The van der Waals surface area contributed by atoms with E-state index >= 15 is 0 Å². The molecule has 0 amide bonds. The summed E-state index contributed by atoms with van der Waals surface area (Å²) >= 11 is 0. The van der Waals surface area contributed by atoms with Crippen LogP contribution in [-0.4, -0.2) is 19.1 Å². The van der Waals surface area contributed by atoms with E-state index in [1.807, 2.05) is 0 Å². The summed E-state index contributed by atoms with van der Waals surface area (Å²) in [5.41, 5.74) is 9.67. The molecule has 2 nitrogen and oxygen atoms in total. The smallest absolute Gasteiger partial charge is 0.0162 e. The third kappa shape index (κ3) is 4.02. The largest absolute Gasteiger partial charge is 0.329 e. The molecule has 0 aromatic heterocycles. The number of benzene rings is 1. The van der Waals surface area contributed by atoms with Crippen molar-refractivity contribution in [2.75, 3.05) is 13.1 Å². The summed E-state index contributed by atoms with van der Waals surface area (Å²) < 4.78 is 0. The zero-order valence-electron chi connectivity index (χ0n) is 10.0. The Bertz CT molecular complexity index is 307. The van der Waals surface area contributed by atoms with Crippen LogP contribution < -0.4 is 11.1 Å². The zero-order valence-corrected chi connectivity index (χ0v) is 10.0. The van der Waals surface area contributed by atoms with E-state index in [0.717, 1.165) is 13.0 Å². The number of hydrogen-bond acceptors (Lipinski definition) is 2. The third-order valence-electron chi connectivity index (χ3n) is 2.83. The summed E-state index contributed by atoms with van der Waals surface area (Å²) in [6, 6.07) is 7.08. The van der Waals surface area contributed by atoms with Crippen molar-refractivity contribution in [2.24, 2.45) is 5.73 Å². The van der Waals surface area contributed by atoms with Crippen LogP contribution in [0.25, 0.3) is 0 Å². The second-order valence-electron chi connectivity index (χ2n) is 4.26. The van der Waals surface area contributed by atoms with Crippen LogP contribution in [0.5, 0.6) is 0 Å². The van der Waals surface area contributed by atoms with Crippen LogP contribution in [0.3, 0.4) is 0 Å². The number of hydrogen-bond donors (Lipinski definition) is 2. The minimum atomic E-state index is 0.413. The molecule has 84 valence electrons. The van der Waals surface area contributed by atoms with Crippen molar-refractivity contribution in [3.05, 3.63) is 34.9 Å². The lowest BCUT2D eigenvalue weighted by molar-refractivity contribution is 0.559. The van der Waals surface area contributed by atoms with Gasteiger partial charge in [-0.2, -0.15) is 0 Å². The molecular weight excluding hydrogens is 184 g/mol. The minimum absolute atomic E-state index is 0.413. The van der Waals surface area contributed by atoms with E-state index in [-0.39, 0.29) is 0 Å². The van der Waals surface area contributed by atoms with Gasteiger partial charge in [0.1, 0.15) is 0 Å². The predicted octanol–water partition coefficient (Wildman–Crippen LogP) is 1.78. The number of aryl methyl sites for hydroxylation is 2. The molecule has 0 spiro atoms. The molecule has 3 N–H and O–H groups in total. The molecule has 0 saturated carbocycles. The molecule has 1 unspecified atom stereocenters. The fraction of sp³-hybridized carbons (Fsp3) is 0.538. The molecule has 0 aliphatic rings. The highest BCUT2D eigenvalue weighted by Gasteiger charge is 1.99. The fourth-order valence-corrected chi connectivity index (χ4v) is 1.51. The zero-order chi connectivity index (χ0) is 11.3. The molecule has 1 rings (SSSR count). The van der Waals surface area contributed by atoms with Crippen LogP contribution in [0.4, 0.5) is 0 Å². The molecule has 2 heteroatoms. The topological polar surface area (TPSA) is 38.0 Å². The highest BCUT2D eigenvalue weighted by atomic mass is 14.9. The number of nitrogens with one attached hydrogen (secondary N) is 1. The van der Waals surface area contributed by atoms with Gasteiger partial charge in [0.2, 0.25) is 0 Å². The fourth-order valence-electron chi connectivity index (χ4n) is 1.51. The first kappa shape index (κ1) is 12.2. The Labute approximate surface area is 92.9 Å². The second-order valence-corrected chi connectivity index (χ2v) is 4.26. The quantitative estimate of drug-likeness (QED) is 0.770. The lowest BCUT2D eigenvalue weighted by Crippen LogP contribution is -2.34. The first-order valence-electron chi connectivity index (χ1n) is 5.63. The Morgan fingerprint density at radius 2 is 2.00 bits per heavy atom. The third-order valence-corrected chi connectivity index (χ3v) is 2.83. The van der Waals surface area contributed by atoms with Gasteiger partial charge in [-0.15, -0.1) is 0 Å². The van der Waals surface area contributed by atoms with Crippen molar-refractivity contribution in [1.82, 2.24) is 5.32 Å². The number of nitrogens with two attached hydrogens (primary N) is 1. The molecule has 0 heterocycles. The van der Waals surface area contributed by atoms with Gasteiger partial charge in [0, 0.05) is 12.6 Å². The van der Waals surface area contributed by atoms with E-state index in [9.17, 15) is 0 Å². The van der Waals surface area contributed by atoms with Crippen LogP contribution in [0.2, 0.25) is 0 Å². The molecule has 0 aliphatic heterocycles. The van der Waals surface area contributed by atoms with Gasteiger partial charge in [0.15, 0.2) is 0 Å². The maximum Gasteiger partial charge on any atom is 0.0162 e. The molecule has 0 saturated heterocycles. The molecule has 1 aromatic rings. The Kier molecular flexibility index (Phi) is 4.79. The summed E-state index contributed by atoms with van der Waals surface area (Å²) in [6.45, 7) is 8.12. The molecule has 15 heavy (non-hydrogen) atoms. The van der Waals surface area contributed by atoms with Crippen molar-refractivity contribution in [1.29, 1.82) is 0 Å². The van der Waals surface area contributed by atoms with Gasteiger partial charge in [0.05, 0.1) is 0 Å². The highest BCUT2D eigenvalue weighted by molar-refractivity contribution is 5.29. The highest BCUT2D eigenvalue weighted by Crippen LogP contribution is 2.09. The molecule has 1 atom stereocenters. The molecule has 0 bridgehead atoms. The molecule has 0 fully saturated rings. The van der Waals surface area contributed by atoms with Gasteiger partial charge in [-0.25, -0.2) is 0 Å². The van der Waals surface area contributed by atoms with Crippen LogP contribution in [0.15, 0.2) is 18.2 Å². The lowest BCUT2D eigenvalue weighted by atomic mass is 10.0. The van der Waals surface area contributed by atoms with Gasteiger partial charge < -0.3 is 11.1 Å². The molecule has 0 aliphatic carbocycles. The van der Waals surface area contributed by atoms with Gasteiger partial charge in [-0.05, 0) is 50.4 Å². The Hall–Kier alpha value is -0.860. The number of rotatable bonds is 5.